The highest BCUT2D eigenvalue weighted by Crippen LogP contribution is 2.36. The number of aromatic nitrogens is 2. The summed E-state index contributed by atoms with van der Waals surface area (Å²) in [6, 6.07) is 3.17. The van der Waals surface area contributed by atoms with Crippen LogP contribution in [-0.4, -0.2) is 38.1 Å². The number of fused-ring (bicyclic) bond motifs is 1. The summed E-state index contributed by atoms with van der Waals surface area (Å²) in [6.07, 6.45) is 7.02. The van der Waals surface area contributed by atoms with Crippen molar-refractivity contribution in [3.63, 3.8) is 0 Å². The minimum Gasteiger partial charge on any atom is -0.478 e. The number of amides is 1. The summed E-state index contributed by atoms with van der Waals surface area (Å²) >= 11 is 0. The fraction of sp³-hybridized carbons (Fsp3) is 0.438. The van der Waals surface area contributed by atoms with Crippen molar-refractivity contribution in [1.82, 2.24) is 14.9 Å². The Morgan fingerprint density at radius 2 is 2.00 bits per heavy atom. The zero-order chi connectivity index (χ0) is 17.1. The fourth-order valence-corrected chi connectivity index (χ4v) is 3.23. The van der Waals surface area contributed by atoms with E-state index in [2.05, 4.69) is 10.3 Å². The van der Waals surface area contributed by atoms with Gasteiger partial charge in [0.25, 0.3) is 5.91 Å². The first-order chi connectivity index (χ1) is 11.6. The van der Waals surface area contributed by atoms with Crippen molar-refractivity contribution in [3.8, 4) is 0 Å². The van der Waals surface area contributed by atoms with Crippen LogP contribution in [0.4, 0.5) is 5.82 Å². The topological polar surface area (TPSA) is 116 Å². The van der Waals surface area contributed by atoms with Crippen LogP contribution in [0.3, 0.4) is 0 Å². The number of pyridine rings is 1. The Labute approximate surface area is 138 Å². The average molecular weight is 332 g/mol. The van der Waals surface area contributed by atoms with Gasteiger partial charge in [0.15, 0.2) is 0 Å². The van der Waals surface area contributed by atoms with Crippen LogP contribution in [0.2, 0.25) is 0 Å². The number of rotatable bonds is 5. The van der Waals surface area contributed by atoms with Gasteiger partial charge in [0.05, 0.1) is 17.8 Å². The molecule has 0 spiro atoms. The standard InChI is InChI=1S/C16H20N4O4/c21-13(19-24)8-17-15-14(10-4-2-1-3-5-10)18-12-7-6-11(16(22)23)9-20(12)15/h6-7,9-10,17,24H,1-5,8H2,(H,19,21)(H,22,23). The number of nitrogens with one attached hydrogen (secondary N) is 2. The molecular formula is C16H20N4O4. The maximum Gasteiger partial charge on any atom is 0.337 e. The van der Waals surface area contributed by atoms with Gasteiger partial charge in [-0.1, -0.05) is 19.3 Å². The van der Waals surface area contributed by atoms with Crippen LogP contribution in [0.5, 0.6) is 0 Å². The minimum atomic E-state index is -1.02. The number of aromatic carboxylic acids is 1. The lowest BCUT2D eigenvalue weighted by Gasteiger charge is -2.21. The van der Waals surface area contributed by atoms with Crippen molar-refractivity contribution in [3.05, 3.63) is 29.6 Å². The molecule has 1 amide bonds. The number of carboxylic acid groups (broad SMARTS) is 1. The molecule has 0 aromatic carbocycles. The molecule has 2 heterocycles. The Hall–Kier alpha value is -2.61. The van der Waals surface area contributed by atoms with Gasteiger partial charge >= 0.3 is 5.97 Å². The van der Waals surface area contributed by atoms with Crippen molar-refractivity contribution in [2.45, 2.75) is 38.0 Å². The molecule has 0 bridgehead atoms. The molecule has 1 fully saturated rings. The molecule has 3 rings (SSSR count). The van der Waals surface area contributed by atoms with Crippen molar-refractivity contribution in [2.75, 3.05) is 11.9 Å². The Morgan fingerprint density at radius 1 is 1.25 bits per heavy atom. The van der Waals surface area contributed by atoms with Gasteiger partial charge in [-0.3, -0.25) is 14.4 Å². The number of carbonyl (C=O) groups excluding carboxylic acids is 1. The van der Waals surface area contributed by atoms with Crippen molar-refractivity contribution in [2.24, 2.45) is 0 Å². The maximum atomic E-state index is 11.4. The third-order valence-electron chi connectivity index (χ3n) is 4.43. The lowest BCUT2D eigenvalue weighted by Crippen LogP contribution is -2.27. The average Bonchev–Trinajstić information content (AvgIpc) is 2.98. The number of carboxylic acids is 1. The Balaban J connectivity index is 2.03. The first kappa shape index (κ1) is 16.3. The van der Waals surface area contributed by atoms with Crippen LogP contribution < -0.4 is 10.8 Å². The largest absolute Gasteiger partial charge is 0.478 e. The first-order valence-electron chi connectivity index (χ1n) is 8.02. The zero-order valence-electron chi connectivity index (χ0n) is 13.2. The quantitative estimate of drug-likeness (QED) is 0.491. The minimum absolute atomic E-state index is 0.124. The van der Waals surface area contributed by atoms with Crippen LogP contribution in [0, 0.1) is 0 Å². The molecule has 1 saturated carbocycles. The number of hydrogen-bond donors (Lipinski definition) is 4. The van der Waals surface area contributed by atoms with E-state index in [9.17, 15) is 14.7 Å². The molecule has 8 heteroatoms. The summed E-state index contributed by atoms with van der Waals surface area (Å²) in [5.74, 6) is -0.701. The van der Waals surface area contributed by atoms with E-state index in [4.69, 9.17) is 5.21 Å². The number of anilines is 1. The van der Waals surface area contributed by atoms with Gasteiger partial charge in [-0.2, -0.15) is 0 Å². The van der Waals surface area contributed by atoms with Crippen LogP contribution >= 0.6 is 0 Å². The van der Waals surface area contributed by atoms with Crippen molar-refractivity contribution < 1.29 is 19.9 Å². The second kappa shape index (κ2) is 6.88. The monoisotopic (exact) mass is 332 g/mol. The number of imidazole rings is 1. The predicted octanol–water partition coefficient (Wildman–Crippen LogP) is 2.00. The van der Waals surface area contributed by atoms with E-state index in [0.717, 1.165) is 31.4 Å². The molecule has 0 saturated heterocycles. The zero-order valence-corrected chi connectivity index (χ0v) is 13.2. The summed E-state index contributed by atoms with van der Waals surface area (Å²) in [7, 11) is 0. The van der Waals surface area contributed by atoms with E-state index in [1.807, 2.05) is 0 Å². The van der Waals surface area contributed by atoms with Gasteiger partial charge in [0, 0.05) is 12.1 Å². The van der Waals surface area contributed by atoms with Crippen LogP contribution in [0.15, 0.2) is 18.3 Å². The summed E-state index contributed by atoms with van der Waals surface area (Å²) < 4.78 is 1.66. The number of nitrogens with zero attached hydrogens (tertiary/aromatic N) is 2. The summed E-state index contributed by atoms with van der Waals surface area (Å²) in [5.41, 5.74) is 3.20. The molecule has 128 valence electrons. The summed E-state index contributed by atoms with van der Waals surface area (Å²) in [5, 5.41) is 20.9. The lowest BCUT2D eigenvalue weighted by atomic mass is 9.87. The number of hydroxylamine groups is 1. The van der Waals surface area contributed by atoms with Gasteiger partial charge in [0.1, 0.15) is 11.5 Å². The number of hydrogen-bond acceptors (Lipinski definition) is 5. The molecule has 2 aromatic heterocycles. The Bertz CT molecular complexity index is 765. The first-order valence-corrected chi connectivity index (χ1v) is 8.02. The molecule has 0 atom stereocenters. The second-order valence-corrected chi connectivity index (χ2v) is 6.02. The lowest BCUT2D eigenvalue weighted by molar-refractivity contribution is -0.127. The molecule has 0 aliphatic heterocycles. The van der Waals surface area contributed by atoms with E-state index in [1.165, 1.54) is 18.7 Å². The van der Waals surface area contributed by atoms with E-state index in [1.54, 1.807) is 15.9 Å². The van der Waals surface area contributed by atoms with E-state index in [0.29, 0.717) is 11.5 Å². The maximum absolute atomic E-state index is 11.4. The van der Waals surface area contributed by atoms with Crippen molar-refractivity contribution in [1.29, 1.82) is 0 Å². The summed E-state index contributed by atoms with van der Waals surface area (Å²) in [6.45, 7) is -0.124. The number of carbonyl (C=O) groups is 2. The molecule has 8 nitrogen and oxygen atoms in total. The van der Waals surface area contributed by atoms with Gasteiger partial charge in [-0.15, -0.1) is 0 Å². The highest BCUT2D eigenvalue weighted by molar-refractivity contribution is 5.88. The molecule has 4 N–H and O–H groups in total. The van der Waals surface area contributed by atoms with Gasteiger partial charge in [-0.05, 0) is 25.0 Å². The SMILES string of the molecule is O=C(CNc1c(C2CCCCC2)nc2ccc(C(=O)O)cn12)NO. The molecule has 1 aliphatic carbocycles. The molecule has 24 heavy (non-hydrogen) atoms. The molecule has 0 radical (unpaired) electrons. The Kier molecular flexibility index (Phi) is 4.66. The molecule has 2 aromatic rings. The molecular weight excluding hydrogens is 312 g/mol. The van der Waals surface area contributed by atoms with Gasteiger partial charge in [0.2, 0.25) is 0 Å². The van der Waals surface area contributed by atoms with Crippen molar-refractivity contribution >= 4 is 23.3 Å². The fourth-order valence-electron chi connectivity index (χ4n) is 3.23. The van der Waals surface area contributed by atoms with E-state index in [-0.39, 0.29) is 18.0 Å². The normalized spacial score (nSPS) is 15.4. The summed E-state index contributed by atoms with van der Waals surface area (Å²) in [4.78, 5) is 27.2. The molecule has 0 unspecified atom stereocenters. The van der Waals surface area contributed by atoms with Gasteiger partial charge < -0.3 is 10.4 Å². The van der Waals surface area contributed by atoms with Crippen LogP contribution in [0.25, 0.3) is 5.65 Å². The Morgan fingerprint density at radius 3 is 2.67 bits per heavy atom. The highest BCUT2D eigenvalue weighted by atomic mass is 16.5. The van der Waals surface area contributed by atoms with Crippen LogP contribution in [0.1, 0.15) is 54.1 Å². The second-order valence-electron chi connectivity index (χ2n) is 6.02. The third kappa shape index (κ3) is 3.18. The predicted molar refractivity (Wildman–Crippen MR) is 86.4 cm³/mol. The van der Waals surface area contributed by atoms with E-state index < -0.39 is 11.9 Å². The van der Waals surface area contributed by atoms with Gasteiger partial charge in [-0.25, -0.2) is 15.3 Å². The third-order valence-corrected chi connectivity index (χ3v) is 4.43. The van der Waals surface area contributed by atoms with E-state index >= 15 is 0 Å². The highest BCUT2D eigenvalue weighted by Gasteiger charge is 2.24. The van der Waals surface area contributed by atoms with Crippen LogP contribution in [-0.2, 0) is 4.79 Å². The molecule has 1 aliphatic rings. The smallest absolute Gasteiger partial charge is 0.337 e.